The van der Waals surface area contributed by atoms with Gasteiger partial charge >= 0.3 is 0 Å². The first kappa shape index (κ1) is 13.1. The molecule has 6 atom stereocenters. The van der Waals surface area contributed by atoms with E-state index in [9.17, 15) is 5.11 Å². The fourth-order valence-corrected chi connectivity index (χ4v) is 7.24. The molecule has 5 heteroatoms. The van der Waals surface area contributed by atoms with Crippen LogP contribution in [0, 0.1) is 5.41 Å². The van der Waals surface area contributed by atoms with E-state index in [0.717, 1.165) is 43.6 Å². The first-order valence-corrected chi connectivity index (χ1v) is 9.37. The highest BCUT2D eigenvalue weighted by molar-refractivity contribution is 5.68. The zero-order valence-corrected chi connectivity index (χ0v) is 13.6. The van der Waals surface area contributed by atoms with Crippen LogP contribution in [-0.4, -0.2) is 47.4 Å². The third kappa shape index (κ3) is 1.09. The lowest BCUT2D eigenvalue weighted by atomic mass is 9.55. The minimum Gasteiger partial charge on any atom is -0.380 e. The number of fused-ring (bicyclic) bond motifs is 2. The van der Waals surface area contributed by atoms with E-state index >= 15 is 0 Å². The van der Waals surface area contributed by atoms with Crippen LogP contribution in [0.15, 0.2) is 24.3 Å². The molecule has 5 nitrogen and oxygen atoms in total. The second-order valence-corrected chi connectivity index (χ2v) is 8.64. The summed E-state index contributed by atoms with van der Waals surface area (Å²) in [7, 11) is 0. The minimum absolute atomic E-state index is 0.0435. The van der Waals surface area contributed by atoms with E-state index in [0.29, 0.717) is 0 Å². The van der Waals surface area contributed by atoms with Gasteiger partial charge in [0.05, 0.1) is 6.04 Å². The molecule has 126 valence electrons. The second kappa shape index (κ2) is 3.68. The molecule has 0 aliphatic carbocycles. The summed E-state index contributed by atoms with van der Waals surface area (Å²) < 4.78 is 12.9. The molecule has 8 rings (SSSR count). The highest BCUT2D eigenvalue weighted by Gasteiger charge is 2.81. The van der Waals surface area contributed by atoms with E-state index in [-0.39, 0.29) is 24.0 Å². The molecule has 7 heterocycles. The molecule has 0 saturated carbocycles. The minimum atomic E-state index is -0.922. The number of benzene rings is 1. The lowest BCUT2D eigenvalue weighted by Crippen LogP contribution is -2.88. The highest BCUT2D eigenvalue weighted by atomic mass is 16.7. The Hall–Kier alpha value is -1.14. The van der Waals surface area contributed by atoms with Gasteiger partial charge in [0.1, 0.15) is 11.8 Å². The summed E-state index contributed by atoms with van der Waals surface area (Å²) in [5.74, 6) is 0. The van der Waals surface area contributed by atoms with Crippen LogP contribution >= 0.6 is 0 Å². The maximum Gasteiger partial charge on any atom is 0.195 e. The number of hydrogen-bond acceptors (Lipinski definition) is 5. The van der Waals surface area contributed by atoms with E-state index in [2.05, 4.69) is 28.0 Å². The van der Waals surface area contributed by atoms with Gasteiger partial charge in [-0.3, -0.25) is 4.90 Å². The quantitative estimate of drug-likeness (QED) is 0.787. The van der Waals surface area contributed by atoms with Crippen LogP contribution in [0.2, 0.25) is 0 Å². The Morgan fingerprint density at radius 1 is 1.12 bits per heavy atom. The Kier molecular flexibility index (Phi) is 2.01. The van der Waals surface area contributed by atoms with Gasteiger partial charge in [0.15, 0.2) is 12.0 Å². The average Bonchev–Trinajstić information content (AvgIpc) is 2.80. The van der Waals surface area contributed by atoms with E-state index in [1.54, 1.807) is 0 Å². The van der Waals surface area contributed by atoms with Gasteiger partial charge in [-0.25, -0.2) is 0 Å². The van der Waals surface area contributed by atoms with Crippen molar-refractivity contribution in [1.29, 1.82) is 0 Å². The third-order valence-corrected chi connectivity index (χ3v) is 7.82. The summed E-state index contributed by atoms with van der Waals surface area (Å²) >= 11 is 0. The molecule has 7 aliphatic heterocycles. The number of hydrogen-bond donors (Lipinski definition) is 1. The molecule has 1 aromatic rings. The van der Waals surface area contributed by atoms with E-state index in [1.165, 1.54) is 12.8 Å². The summed E-state index contributed by atoms with van der Waals surface area (Å²) in [6.45, 7) is 2.10. The van der Waals surface area contributed by atoms with Gasteiger partial charge in [0.2, 0.25) is 0 Å². The van der Waals surface area contributed by atoms with Crippen LogP contribution in [0.3, 0.4) is 0 Å². The van der Waals surface area contributed by atoms with Crippen molar-refractivity contribution < 1.29 is 14.6 Å². The molecule has 6 fully saturated rings. The van der Waals surface area contributed by atoms with Crippen LogP contribution in [0.4, 0.5) is 5.69 Å². The Labute approximate surface area is 141 Å². The molecule has 24 heavy (non-hydrogen) atoms. The van der Waals surface area contributed by atoms with Gasteiger partial charge in [-0.1, -0.05) is 18.2 Å². The van der Waals surface area contributed by atoms with Crippen molar-refractivity contribution in [3.8, 4) is 0 Å². The molecule has 0 radical (unpaired) electrons. The zero-order valence-electron chi connectivity index (χ0n) is 13.6. The summed E-state index contributed by atoms with van der Waals surface area (Å²) in [6.07, 6.45) is 5.20. The number of ether oxygens (including phenoxy) is 2. The second-order valence-electron chi connectivity index (χ2n) is 8.64. The Balaban J connectivity index is 1.57. The number of anilines is 1. The van der Waals surface area contributed by atoms with Crippen molar-refractivity contribution in [2.75, 3.05) is 18.0 Å². The Bertz CT molecular complexity index is 771. The molecule has 0 amide bonds. The summed E-state index contributed by atoms with van der Waals surface area (Å²) in [5.41, 5.74) is 0.832. The monoisotopic (exact) mass is 326 g/mol. The van der Waals surface area contributed by atoms with Gasteiger partial charge in [-0.05, 0) is 37.3 Å². The van der Waals surface area contributed by atoms with Crippen LogP contribution in [0.1, 0.15) is 37.7 Å². The predicted octanol–water partition coefficient (Wildman–Crippen LogP) is 1.75. The maximum atomic E-state index is 12.0. The van der Waals surface area contributed by atoms with Crippen molar-refractivity contribution in [3.63, 3.8) is 0 Å². The van der Waals surface area contributed by atoms with E-state index in [4.69, 9.17) is 9.47 Å². The maximum absolute atomic E-state index is 12.0. The Morgan fingerprint density at radius 2 is 2.04 bits per heavy atom. The van der Waals surface area contributed by atoms with Gasteiger partial charge in [0.25, 0.3) is 0 Å². The van der Waals surface area contributed by atoms with E-state index in [1.807, 2.05) is 6.07 Å². The number of nitrogens with zero attached hydrogens (tertiary/aromatic N) is 2. The van der Waals surface area contributed by atoms with Crippen molar-refractivity contribution in [1.82, 2.24) is 4.90 Å². The highest BCUT2D eigenvalue weighted by Crippen LogP contribution is 2.71. The van der Waals surface area contributed by atoms with Crippen LogP contribution < -0.4 is 4.90 Å². The van der Waals surface area contributed by atoms with Crippen molar-refractivity contribution in [3.05, 3.63) is 29.8 Å². The third-order valence-electron chi connectivity index (χ3n) is 7.82. The predicted molar refractivity (Wildman–Crippen MR) is 86.2 cm³/mol. The smallest absolute Gasteiger partial charge is 0.195 e. The molecule has 4 bridgehead atoms. The number of rotatable bonds is 0. The summed E-state index contributed by atoms with van der Waals surface area (Å²) in [6, 6.07) is 8.62. The molecular formula is C19H22N2O3. The molecule has 2 spiro atoms. The standard InChI is InChI=1S/C19H22N2O3/c22-18-7-9-20-8-3-6-17-10-14-21(13-5-2-1-4-12(13)18)19(18,16(17)20)24-15(11-17)23-14/h1-2,4-5,14-16,22H,3,6-11H2. The number of aliphatic hydroxyl groups is 1. The molecule has 7 aliphatic rings. The SMILES string of the molecule is OC12CCN3CCCC45CC6OC(C4)N(c4ccccc41)C2(O6)C35. The van der Waals surface area contributed by atoms with Gasteiger partial charge < -0.3 is 19.5 Å². The fourth-order valence-electron chi connectivity index (χ4n) is 7.24. The molecule has 0 aromatic heterocycles. The van der Waals surface area contributed by atoms with Crippen LogP contribution in [0.5, 0.6) is 0 Å². The summed E-state index contributed by atoms with van der Waals surface area (Å²) in [5, 5.41) is 12.0. The van der Waals surface area contributed by atoms with Gasteiger partial charge in [-0.2, -0.15) is 0 Å². The first-order valence-electron chi connectivity index (χ1n) is 9.37. The van der Waals surface area contributed by atoms with Gasteiger partial charge in [0, 0.05) is 30.6 Å². The van der Waals surface area contributed by atoms with E-state index < -0.39 is 11.3 Å². The zero-order chi connectivity index (χ0) is 15.7. The number of piperidine rings is 3. The largest absolute Gasteiger partial charge is 0.380 e. The van der Waals surface area contributed by atoms with Crippen molar-refractivity contribution >= 4 is 5.69 Å². The van der Waals surface area contributed by atoms with Crippen molar-refractivity contribution in [2.45, 2.75) is 62.0 Å². The topological polar surface area (TPSA) is 45.2 Å². The Morgan fingerprint density at radius 3 is 3.00 bits per heavy atom. The summed E-state index contributed by atoms with van der Waals surface area (Å²) in [4.78, 5) is 4.94. The van der Waals surface area contributed by atoms with Crippen LogP contribution in [0.25, 0.3) is 0 Å². The molecule has 1 N–H and O–H groups in total. The first-order chi connectivity index (χ1) is 11.7. The normalized spacial score (nSPS) is 53.2. The molecule has 6 unspecified atom stereocenters. The average molecular weight is 326 g/mol. The van der Waals surface area contributed by atoms with Crippen molar-refractivity contribution in [2.24, 2.45) is 5.41 Å². The lowest BCUT2D eigenvalue weighted by molar-refractivity contribution is -0.424. The number of para-hydroxylation sites is 1. The molecule has 6 saturated heterocycles. The molecular weight excluding hydrogens is 304 g/mol. The van der Waals surface area contributed by atoms with Crippen LogP contribution in [-0.2, 0) is 15.1 Å². The lowest BCUT2D eigenvalue weighted by Gasteiger charge is -2.75. The van der Waals surface area contributed by atoms with Gasteiger partial charge in [-0.15, -0.1) is 0 Å². The fraction of sp³-hybridized carbons (Fsp3) is 0.684. The molecule has 1 aromatic carbocycles.